The Hall–Kier alpha value is -3.24. The topological polar surface area (TPSA) is 103 Å². The zero-order valence-corrected chi connectivity index (χ0v) is 12.4. The lowest BCUT2D eigenvalue weighted by molar-refractivity contribution is 0.0698. The highest BCUT2D eigenvalue weighted by Gasteiger charge is 2.18. The average Bonchev–Trinajstić information content (AvgIpc) is 2.99. The first-order valence-electron chi connectivity index (χ1n) is 6.53. The van der Waals surface area contributed by atoms with Gasteiger partial charge in [0.15, 0.2) is 0 Å². The van der Waals surface area contributed by atoms with E-state index in [1.807, 2.05) is 18.2 Å². The van der Waals surface area contributed by atoms with E-state index in [0.29, 0.717) is 5.39 Å². The van der Waals surface area contributed by atoms with Crippen LogP contribution < -0.4 is 5.32 Å². The molecule has 0 spiro atoms. The Balaban J connectivity index is 1.97. The Morgan fingerprint density at radius 1 is 1.22 bits per heavy atom. The van der Waals surface area contributed by atoms with Crippen LogP contribution in [0, 0.1) is 11.3 Å². The van der Waals surface area contributed by atoms with Crippen LogP contribution in [0.3, 0.4) is 0 Å². The Bertz CT molecular complexity index is 972. The number of nitrogens with zero attached hydrogens (tertiary/aromatic N) is 2. The van der Waals surface area contributed by atoms with E-state index in [1.165, 1.54) is 29.7 Å². The molecule has 0 saturated heterocycles. The number of amides is 1. The second-order valence-electron chi connectivity index (χ2n) is 4.66. The van der Waals surface area contributed by atoms with Gasteiger partial charge in [0.25, 0.3) is 5.91 Å². The normalized spacial score (nSPS) is 10.2. The van der Waals surface area contributed by atoms with Gasteiger partial charge in [0.05, 0.1) is 27.6 Å². The van der Waals surface area contributed by atoms with Gasteiger partial charge in [-0.05, 0) is 35.8 Å². The predicted molar refractivity (Wildman–Crippen MR) is 85.7 cm³/mol. The van der Waals surface area contributed by atoms with Crippen LogP contribution in [0.1, 0.15) is 26.4 Å². The molecule has 0 aliphatic heterocycles. The maximum absolute atomic E-state index is 12.4. The van der Waals surface area contributed by atoms with Crippen molar-refractivity contribution in [1.82, 2.24) is 4.37 Å². The number of hydrogen-bond acceptors (Lipinski definition) is 5. The lowest BCUT2D eigenvalue weighted by Gasteiger charge is -2.07. The van der Waals surface area contributed by atoms with Crippen molar-refractivity contribution in [3.05, 3.63) is 59.3 Å². The number of nitriles is 1. The molecule has 0 bridgehead atoms. The summed E-state index contributed by atoms with van der Waals surface area (Å²) in [6, 6.07) is 13.2. The van der Waals surface area contributed by atoms with E-state index in [1.54, 1.807) is 12.1 Å². The lowest BCUT2D eigenvalue weighted by atomic mass is 10.1. The van der Waals surface area contributed by atoms with Crippen LogP contribution >= 0.6 is 11.5 Å². The van der Waals surface area contributed by atoms with Gasteiger partial charge in [-0.25, -0.2) is 4.79 Å². The van der Waals surface area contributed by atoms with E-state index < -0.39 is 11.9 Å². The highest BCUT2D eigenvalue weighted by Crippen LogP contribution is 2.24. The molecule has 2 aromatic carbocycles. The highest BCUT2D eigenvalue weighted by molar-refractivity contribution is 7.13. The number of carboxylic acid groups (broad SMARTS) is 1. The Morgan fingerprint density at radius 3 is 2.74 bits per heavy atom. The van der Waals surface area contributed by atoms with Gasteiger partial charge in [-0.3, -0.25) is 4.79 Å². The third-order valence-corrected chi connectivity index (χ3v) is 4.05. The first kappa shape index (κ1) is 14.7. The molecule has 1 aromatic heterocycles. The smallest absolute Gasteiger partial charge is 0.337 e. The molecule has 2 N–H and O–H groups in total. The van der Waals surface area contributed by atoms with E-state index in [4.69, 9.17) is 5.26 Å². The zero-order chi connectivity index (χ0) is 16.4. The van der Waals surface area contributed by atoms with E-state index >= 15 is 0 Å². The van der Waals surface area contributed by atoms with Crippen molar-refractivity contribution in [1.29, 1.82) is 5.26 Å². The second kappa shape index (κ2) is 5.87. The number of aromatic carboxylic acids is 1. The molecule has 7 heteroatoms. The predicted octanol–water partition coefficient (Wildman–Crippen LogP) is 3.12. The molecule has 1 heterocycles. The molecular weight excluding hydrogens is 314 g/mol. The summed E-state index contributed by atoms with van der Waals surface area (Å²) in [6.07, 6.45) is 0. The van der Waals surface area contributed by atoms with E-state index in [2.05, 4.69) is 9.69 Å². The molecule has 0 fully saturated rings. The molecule has 3 rings (SSSR count). The minimum Gasteiger partial charge on any atom is -0.478 e. The molecule has 3 aromatic rings. The van der Waals surface area contributed by atoms with Gasteiger partial charge in [-0.2, -0.15) is 9.64 Å². The number of carboxylic acids is 1. The summed E-state index contributed by atoms with van der Waals surface area (Å²) in [5.74, 6) is -1.71. The number of carbonyl (C=O) groups excluding carboxylic acids is 1. The van der Waals surface area contributed by atoms with Crippen molar-refractivity contribution < 1.29 is 14.7 Å². The van der Waals surface area contributed by atoms with Gasteiger partial charge in [-0.1, -0.05) is 18.2 Å². The maximum atomic E-state index is 12.4. The quantitative estimate of drug-likeness (QED) is 0.771. The molecule has 0 aliphatic carbocycles. The zero-order valence-electron chi connectivity index (χ0n) is 11.6. The van der Waals surface area contributed by atoms with Gasteiger partial charge >= 0.3 is 5.97 Å². The monoisotopic (exact) mass is 323 g/mol. The standard InChI is InChI=1S/C16H9N3O3S/c17-8-9-5-6-12(11(7-9)16(21)22)18-15(20)14-10-3-1-2-4-13(10)23-19-14/h1-7H,(H,18,20)(H,21,22). The van der Waals surface area contributed by atoms with Crippen molar-refractivity contribution >= 4 is 39.2 Å². The number of benzene rings is 2. The van der Waals surface area contributed by atoms with Gasteiger partial charge in [0, 0.05) is 5.39 Å². The van der Waals surface area contributed by atoms with Crippen LogP contribution in [0.15, 0.2) is 42.5 Å². The molecule has 0 atom stereocenters. The van der Waals surface area contributed by atoms with E-state index in [9.17, 15) is 14.7 Å². The fourth-order valence-electron chi connectivity index (χ4n) is 2.13. The second-order valence-corrected chi connectivity index (χ2v) is 5.46. The van der Waals surface area contributed by atoms with Gasteiger partial charge < -0.3 is 10.4 Å². The molecule has 112 valence electrons. The van der Waals surface area contributed by atoms with Crippen LogP contribution in [-0.4, -0.2) is 21.4 Å². The van der Waals surface area contributed by atoms with Gasteiger partial charge in [-0.15, -0.1) is 0 Å². The number of anilines is 1. The minimum absolute atomic E-state index is 0.124. The highest BCUT2D eigenvalue weighted by atomic mass is 32.1. The van der Waals surface area contributed by atoms with E-state index in [-0.39, 0.29) is 22.5 Å². The molecule has 1 amide bonds. The van der Waals surface area contributed by atoms with Gasteiger partial charge in [0.2, 0.25) is 0 Å². The lowest BCUT2D eigenvalue weighted by Crippen LogP contribution is -2.15. The third kappa shape index (κ3) is 2.75. The molecule has 0 aliphatic rings. The van der Waals surface area contributed by atoms with Crippen LogP contribution in [0.25, 0.3) is 10.1 Å². The summed E-state index contributed by atoms with van der Waals surface area (Å²) < 4.78 is 5.00. The Morgan fingerprint density at radius 2 is 2.00 bits per heavy atom. The first-order chi connectivity index (χ1) is 11.1. The summed E-state index contributed by atoms with van der Waals surface area (Å²) in [4.78, 5) is 23.7. The van der Waals surface area contributed by atoms with Crippen molar-refractivity contribution in [2.75, 3.05) is 5.32 Å². The molecule has 0 saturated carbocycles. The number of fused-ring (bicyclic) bond motifs is 1. The third-order valence-electron chi connectivity index (χ3n) is 3.22. The number of carbonyl (C=O) groups is 2. The molecule has 23 heavy (non-hydrogen) atoms. The summed E-state index contributed by atoms with van der Waals surface area (Å²) in [7, 11) is 0. The molecular formula is C16H9N3O3S. The summed E-state index contributed by atoms with van der Waals surface area (Å²) in [5, 5.41) is 21.3. The number of rotatable bonds is 3. The largest absolute Gasteiger partial charge is 0.478 e. The van der Waals surface area contributed by atoms with E-state index in [0.717, 1.165) is 4.70 Å². The first-order valence-corrected chi connectivity index (χ1v) is 7.30. The summed E-state index contributed by atoms with van der Waals surface area (Å²) in [5.41, 5.74) is 0.432. The van der Waals surface area contributed by atoms with Crippen molar-refractivity contribution in [2.45, 2.75) is 0 Å². The fourth-order valence-corrected chi connectivity index (χ4v) is 2.90. The summed E-state index contributed by atoms with van der Waals surface area (Å²) in [6.45, 7) is 0. The Labute approximate surface area is 134 Å². The van der Waals surface area contributed by atoms with Crippen molar-refractivity contribution in [2.24, 2.45) is 0 Å². The van der Waals surface area contributed by atoms with Crippen LogP contribution in [0.5, 0.6) is 0 Å². The minimum atomic E-state index is -1.22. The maximum Gasteiger partial charge on any atom is 0.337 e. The number of aromatic nitrogens is 1. The van der Waals surface area contributed by atoms with Crippen molar-refractivity contribution in [3.63, 3.8) is 0 Å². The van der Waals surface area contributed by atoms with Crippen molar-refractivity contribution in [3.8, 4) is 6.07 Å². The molecule has 0 radical (unpaired) electrons. The van der Waals surface area contributed by atoms with Crippen LogP contribution in [0.4, 0.5) is 5.69 Å². The number of nitrogens with one attached hydrogen (secondary N) is 1. The Kier molecular flexibility index (Phi) is 3.75. The molecule has 0 unspecified atom stereocenters. The summed E-state index contributed by atoms with van der Waals surface area (Å²) >= 11 is 1.20. The van der Waals surface area contributed by atoms with Gasteiger partial charge in [0.1, 0.15) is 5.69 Å². The number of hydrogen-bond donors (Lipinski definition) is 2. The SMILES string of the molecule is N#Cc1ccc(NC(=O)c2nsc3ccccc23)c(C(=O)O)c1. The van der Waals surface area contributed by atoms with Crippen LogP contribution in [-0.2, 0) is 0 Å². The molecule has 6 nitrogen and oxygen atoms in total. The van der Waals surface area contributed by atoms with Crippen LogP contribution in [0.2, 0.25) is 0 Å². The fraction of sp³-hybridized carbons (Fsp3) is 0. The average molecular weight is 323 g/mol.